The molecule has 0 saturated heterocycles. The minimum absolute atomic E-state index is 0.332. The van der Waals surface area contributed by atoms with Crippen LogP contribution in [0.5, 0.6) is 0 Å². The molecule has 0 N–H and O–H groups in total. The van der Waals surface area contributed by atoms with Gasteiger partial charge in [0.05, 0.1) is 0 Å². The van der Waals surface area contributed by atoms with E-state index in [1.165, 1.54) is 65.4 Å². The summed E-state index contributed by atoms with van der Waals surface area (Å²) in [5.41, 5.74) is 8.04. The van der Waals surface area contributed by atoms with Gasteiger partial charge in [-0.3, -0.25) is 0 Å². The van der Waals surface area contributed by atoms with Crippen LogP contribution in [-0.4, -0.2) is 13.7 Å². The maximum atomic E-state index is 2.69. The number of aromatic nitrogens is 3. The molecule has 0 atom stereocenters. The standard InChI is InChI=1S/C42H33N3/c1-7-19-37-31(13-1)32-14-2-8-20-38(32)43(37)28-25-29(44-39-21-9-3-15-33(39)34-16-4-10-22-40(34)44)27-30(26-28)45-41-23-11-5-17-35(41)36-18-6-12-24-42(36)45/h1-24,28-30H,25-27H2. The summed E-state index contributed by atoms with van der Waals surface area (Å²) in [6.45, 7) is 0. The molecule has 10 rings (SSSR count). The predicted molar refractivity (Wildman–Crippen MR) is 189 cm³/mol. The van der Waals surface area contributed by atoms with Gasteiger partial charge >= 0.3 is 0 Å². The first-order valence-electron chi connectivity index (χ1n) is 16.3. The zero-order valence-corrected chi connectivity index (χ0v) is 25.1. The topological polar surface area (TPSA) is 14.8 Å². The average Bonchev–Trinajstić information content (AvgIpc) is 3.74. The minimum Gasteiger partial charge on any atom is -0.337 e. The van der Waals surface area contributed by atoms with Crippen LogP contribution in [0.15, 0.2) is 146 Å². The highest BCUT2D eigenvalue weighted by Crippen LogP contribution is 2.49. The summed E-state index contributed by atoms with van der Waals surface area (Å²) in [7, 11) is 0. The van der Waals surface area contributed by atoms with Gasteiger partial charge in [-0.15, -0.1) is 0 Å². The van der Waals surface area contributed by atoms with E-state index in [1.54, 1.807) is 0 Å². The molecule has 0 bridgehead atoms. The van der Waals surface area contributed by atoms with Crippen LogP contribution in [0.2, 0.25) is 0 Å². The molecular weight excluding hydrogens is 546 g/mol. The van der Waals surface area contributed by atoms with Crippen LogP contribution in [0, 0.1) is 0 Å². The highest BCUT2D eigenvalue weighted by atomic mass is 15.1. The van der Waals surface area contributed by atoms with E-state index < -0.39 is 0 Å². The summed E-state index contributed by atoms with van der Waals surface area (Å²) in [6.07, 6.45) is 3.25. The monoisotopic (exact) mass is 579 g/mol. The third-order valence-corrected chi connectivity index (χ3v) is 10.6. The van der Waals surface area contributed by atoms with E-state index >= 15 is 0 Å². The maximum Gasteiger partial charge on any atom is 0.0494 e. The third-order valence-electron chi connectivity index (χ3n) is 10.6. The zero-order valence-electron chi connectivity index (χ0n) is 25.1. The Hall–Kier alpha value is -5.28. The molecule has 0 unspecified atom stereocenters. The van der Waals surface area contributed by atoms with Gasteiger partial charge in [0.2, 0.25) is 0 Å². The molecular formula is C42H33N3. The molecule has 9 aromatic rings. The van der Waals surface area contributed by atoms with E-state index in [4.69, 9.17) is 0 Å². The lowest BCUT2D eigenvalue weighted by molar-refractivity contribution is 0.219. The largest absolute Gasteiger partial charge is 0.337 e. The molecule has 0 spiro atoms. The Labute approximate surface area is 261 Å². The Kier molecular flexibility index (Phi) is 5.36. The normalized spacial score (nSPS) is 19.1. The van der Waals surface area contributed by atoms with Gasteiger partial charge in [0.25, 0.3) is 0 Å². The Morgan fingerprint density at radius 2 is 0.444 bits per heavy atom. The summed E-state index contributed by atoms with van der Waals surface area (Å²) >= 11 is 0. The number of rotatable bonds is 3. The van der Waals surface area contributed by atoms with Crippen molar-refractivity contribution in [3.63, 3.8) is 0 Å². The molecule has 0 amide bonds. The molecule has 6 aromatic carbocycles. The highest BCUT2D eigenvalue weighted by molar-refractivity contribution is 6.10. The molecule has 1 aliphatic carbocycles. The Morgan fingerprint density at radius 3 is 0.644 bits per heavy atom. The van der Waals surface area contributed by atoms with Crippen molar-refractivity contribution in [3.8, 4) is 0 Å². The summed E-state index contributed by atoms with van der Waals surface area (Å²) in [5.74, 6) is 0. The van der Waals surface area contributed by atoms with Crippen molar-refractivity contribution in [2.24, 2.45) is 0 Å². The SMILES string of the molecule is c1ccc2c(c1)c1ccccc1n2C1CC(n2c3ccccc3c3ccccc32)CC(n2c3ccccc3c3ccccc32)C1. The molecule has 1 aliphatic rings. The molecule has 1 fully saturated rings. The van der Waals surface area contributed by atoms with E-state index in [0.29, 0.717) is 18.1 Å². The Balaban J connectivity index is 1.25. The van der Waals surface area contributed by atoms with Crippen molar-refractivity contribution in [2.75, 3.05) is 0 Å². The van der Waals surface area contributed by atoms with E-state index in [2.05, 4.69) is 159 Å². The molecule has 3 heterocycles. The molecule has 216 valence electrons. The number of fused-ring (bicyclic) bond motifs is 9. The minimum atomic E-state index is 0.332. The van der Waals surface area contributed by atoms with E-state index in [-0.39, 0.29) is 0 Å². The van der Waals surface area contributed by atoms with Gasteiger partial charge in [-0.2, -0.15) is 0 Å². The van der Waals surface area contributed by atoms with Crippen LogP contribution in [0.1, 0.15) is 37.4 Å². The van der Waals surface area contributed by atoms with E-state index in [9.17, 15) is 0 Å². The quantitative estimate of drug-likeness (QED) is 0.198. The molecule has 1 saturated carbocycles. The maximum absolute atomic E-state index is 2.69. The second kappa shape index (κ2) is 9.61. The molecule has 0 aliphatic heterocycles. The smallest absolute Gasteiger partial charge is 0.0494 e. The predicted octanol–water partition coefficient (Wildman–Crippen LogP) is 11.2. The lowest BCUT2D eigenvalue weighted by atomic mass is 9.85. The number of nitrogens with zero attached hydrogens (tertiary/aromatic N) is 3. The van der Waals surface area contributed by atoms with Gasteiger partial charge in [0.15, 0.2) is 0 Å². The van der Waals surface area contributed by atoms with Gasteiger partial charge in [0, 0.05) is 83.5 Å². The van der Waals surface area contributed by atoms with Crippen LogP contribution in [0.4, 0.5) is 0 Å². The van der Waals surface area contributed by atoms with Gasteiger partial charge in [-0.05, 0) is 55.7 Å². The second-order valence-corrected chi connectivity index (χ2v) is 12.9. The molecule has 0 radical (unpaired) electrons. The molecule has 3 nitrogen and oxygen atoms in total. The van der Waals surface area contributed by atoms with Crippen LogP contribution < -0.4 is 0 Å². The highest BCUT2D eigenvalue weighted by Gasteiger charge is 2.35. The first-order valence-corrected chi connectivity index (χ1v) is 16.3. The van der Waals surface area contributed by atoms with Crippen LogP contribution in [0.25, 0.3) is 65.4 Å². The van der Waals surface area contributed by atoms with Crippen LogP contribution in [-0.2, 0) is 0 Å². The fraction of sp³-hybridized carbons (Fsp3) is 0.143. The second-order valence-electron chi connectivity index (χ2n) is 12.9. The van der Waals surface area contributed by atoms with Crippen molar-refractivity contribution in [2.45, 2.75) is 37.4 Å². The van der Waals surface area contributed by atoms with E-state index in [1.807, 2.05) is 0 Å². The number of hydrogen-bond acceptors (Lipinski definition) is 0. The van der Waals surface area contributed by atoms with Gasteiger partial charge in [-0.1, -0.05) is 109 Å². The van der Waals surface area contributed by atoms with E-state index in [0.717, 1.165) is 19.3 Å². The van der Waals surface area contributed by atoms with Crippen molar-refractivity contribution in [1.29, 1.82) is 0 Å². The van der Waals surface area contributed by atoms with Crippen molar-refractivity contribution >= 4 is 65.4 Å². The Bertz CT molecular complexity index is 2110. The molecule has 3 aromatic heterocycles. The lowest BCUT2D eigenvalue weighted by Crippen LogP contribution is -2.29. The Morgan fingerprint density at radius 1 is 0.267 bits per heavy atom. The van der Waals surface area contributed by atoms with Gasteiger partial charge in [0.1, 0.15) is 0 Å². The van der Waals surface area contributed by atoms with Crippen molar-refractivity contribution in [1.82, 2.24) is 13.7 Å². The first kappa shape index (κ1) is 25.1. The number of benzene rings is 6. The summed E-state index contributed by atoms with van der Waals surface area (Å²) in [4.78, 5) is 0. The van der Waals surface area contributed by atoms with Gasteiger partial charge in [-0.25, -0.2) is 0 Å². The number of para-hydroxylation sites is 6. The zero-order chi connectivity index (χ0) is 29.5. The fourth-order valence-corrected chi connectivity index (χ4v) is 8.90. The fourth-order valence-electron chi connectivity index (χ4n) is 8.90. The molecule has 3 heteroatoms. The lowest BCUT2D eigenvalue weighted by Gasteiger charge is -2.39. The first-order chi connectivity index (χ1) is 22.3. The number of hydrogen-bond donors (Lipinski definition) is 0. The van der Waals surface area contributed by atoms with Gasteiger partial charge < -0.3 is 13.7 Å². The van der Waals surface area contributed by atoms with Crippen molar-refractivity contribution < 1.29 is 0 Å². The summed E-state index contributed by atoms with van der Waals surface area (Å²) in [5, 5.41) is 8.09. The average molecular weight is 580 g/mol. The summed E-state index contributed by atoms with van der Waals surface area (Å²) < 4.78 is 8.06. The molecule has 45 heavy (non-hydrogen) atoms. The van der Waals surface area contributed by atoms with Crippen LogP contribution in [0.3, 0.4) is 0 Å². The summed E-state index contributed by atoms with van der Waals surface area (Å²) in [6, 6.07) is 55.1. The van der Waals surface area contributed by atoms with Crippen LogP contribution >= 0.6 is 0 Å². The van der Waals surface area contributed by atoms with Crippen molar-refractivity contribution in [3.05, 3.63) is 146 Å². The third kappa shape index (κ3) is 3.58.